The lowest BCUT2D eigenvalue weighted by Crippen LogP contribution is -2.38. The number of hydrogen-bond acceptors (Lipinski definition) is 4. The van der Waals surface area contributed by atoms with E-state index < -0.39 is 0 Å². The topological polar surface area (TPSA) is 71.7 Å². The van der Waals surface area contributed by atoms with E-state index in [1.807, 2.05) is 0 Å². The molecular formula is C18H33IN4O2. The molecule has 2 N–H and O–H groups in total. The normalized spacial score (nSPS) is 15.0. The first kappa shape index (κ1) is 22.2. The Labute approximate surface area is 168 Å². The summed E-state index contributed by atoms with van der Waals surface area (Å²) in [5.74, 6) is 3.15. The third-order valence-electron chi connectivity index (χ3n) is 3.82. The maximum atomic E-state index is 5.77. The SMILES string of the molecule is CCNC(=NCc1ncc(C(C)(C)C)o1)NCCCOCC1CC1.I. The van der Waals surface area contributed by atoms with Crippen LogP contribution in [0.15, 0.2) is 15.6 Å². The van der Waals surface area contributed by atoms with Gasteiger partial charge in [0.2, 0.25) is 5.89 Å². The molecular weight excluding hydrogens is 431 g/mol. The third kappa shape index (κ3) is 8.89. The van der Waals surface area contributed by atoms with Crippen molar-refractivity contribution >= 4 is 29.9 Å². The van der Waals surface area contributed by atoms with Crippen molar-refractivity contribution in [3.8, 4) is 0 Å². The molecule has 0 atom stereocenters. The summed E-state index contributed by atoms with van der Waals surface area (Å²) in [6.07, 6.45) is 5.45. The van der Waals surface area contributed by atoms with E-state index in [4.69, 9.17) is 9.15 Å². The third-order valence-corrected chi connectivity index (χ3v) is 3.82. The number of oxazole rings is 1. The molecule has 0 spiro atoms. The van der Waals surface area contributed by atoms with E-state index in [0.29, 0.717) is 12.4 Å². The van der Waals surface area contributed by atoms with Crippen molar-refractivity contribution in [2.75, 3.05) is 26.3 Å². The van der Waals surface area contributed by atoms with Crippen molar-refractivity contribution in [3.63, 3.8) is 0 Å². The first-order valence-electron chi connectivity index (χ1n) is 9.04. The summed E-state index contributed by atoms with van der Waals surface area (Å²) >= 11 is 0. The van der Waals surface area contributed by atoms with Crippen LogP contribution in [-0.2, 0) is 16.7 Å². The van der Waals surface area contributed by atoms with Crippen molar-refractivity contribution in [1.29, 1.82) is 0 Å². The van der Waals surface area contributed by atoms with Gasteiger partial charge in [-0.05, 0) is 32.1 Å². The quantitative estimate of drug-likeness (QED) is 0.254. The molecule has 0 aromatic carbocycles. The Hall–Kier alpha value is -0.830. The predicted octanol–water partition coefficient (Wildman–Crippen LogP) is 3.46. The average Bonchev–Trinajstić information content (AvgIpc) is 3.21. The number of halogens is 1. The summed E-state index contributed by atoms with van der Waals surface area (Å²) in [4.78, 5) is 8.84. The Morgan fingerprint density at radius 1 is 1.36 bits per heavy atom. The zero-order valence-electron chi connectivity index (χ0n) is 15.9. The van der Waals surface area contributed by atoms with Gasteiger partial charge in [-0.15, -0.1) is 24.0 Å². The fourth-order valence-electron chi connectivity index (χ4n) is 2.13. The van der Waals surface area contributed by atoms with Gasteiger partial charge in [0.05, 0.1) is 6.20 Å². The van der Waals surface area contributed by atoms with E-state index in [9.17, 15) is 0 Å². The number of nitrogens with one attached hydrogen (secondary N) is 2. The molecule has 6 nitrogen and oxygen atoms in total. The summed E-state index contributed by atoms with van der Waals surface area (Å²) in [7, 11) is 0. The van der Waals surface area contributed by atoms with Gasteiger partial charge in [0.1, 0.15) is 12.3 Å². The summed E-state index contributed by atoms with van der Waals surface area (Å²) in [5, 5.41) is 6.56. The smallest absolute Gasteiger partial charge is 0.216 e. The van der Waals surface area contributed by atoms with Gasteiger partial charge in [-0.25, -0.2) is 9.98 Å². The molecule has 144 valence electrons. The van der Waals surface area contributed by atoms with Gasteiger partial charge in [-0.3, -0.25) is 0 Å². The number of ether oxygens (including phenoxy) is 1. The molecule has 2 rings (SSSR count). The molecule has 1 aliphatic carbocycles. The maximum absolute atomic E-state index is 5.77. The van der Waals surface area contributed by atoms with Gasteiger partial charge in [0.25, 0.3) is 0 Å². The van der Waals surface area contributed by atoms with Crippen molar-refractivity contribution in [2.24, 2.45) is 10.9 Å². The second-order valence-electron chi connectivity index (χ2n) is 7.36. The second kappa shape index (κ2) is 11.0. The molecule has 0 bridgehead atoms. The van der Waals surface area contributed by atoms with Gasteiger partial charge in [-0.2, -0.15) is 0 Å². The molecule has 1 aliphatic rings. The van der Waals surface area contributed by atoms with Crippen LogP contribution in [0.2, 0.25) is 0 Å². The van der Waals surface area contributed by atoms with Crippen LogP contribution in [0.5, 0.6) is 0 Å². The van der Waals surface area contributed by atoms with Crippen molar-refractivity contribution in [1.82, 2.24) is 15.6 Å². The van der Waals surface area contributed by atoms with Gasteiger partial charge >= 0.3 is 0 Å². The molecule has 1 aromatic heterocycles. The Morgan fingerprint density at radius 2 is 2.12 bits per heavy atom. The zero-order valence-corrected chi connectivity index (χ0v) is 18.3. The molecule has 0 saturated heterocycles. The Bertz CT molecular complexity index is 521. The fraction of sp³-hybridized carbons (Fsp3) is 0.778. The van der Waals surface area contributed by atoms with Crippen molar-refractivity contribution in [3.05, 3.63) is 17.8 Å². The lowest BCUT2D eigenvalue weighted by atomic mass is 9.94. The highest BCUT2D eigenvalue weighted by atomic mass is 127. The first-order valence-corrected chi connectivity index (χ1v) is 9.04. The van der Waals surface area contributed by atoms with Crippen LogP contribution in [-0.4, -0.2) is 37.2 Å². The number of nitrogens with zero attached hydrogens (tertiary/aromatic N) is 2. The average molecular weight is 464 g/mol. The lowest BCUT2D eigenvalue weighted by molar-refractivity contribution is 0.123. The van der Waals surface area contributed by atoms with Gasteiger partial charge in [0.15, 0.2) is 5.96 Å². The highest BCUT2D eigenvalue weighted by molar-refractivity contribution is 14.0. The summed E-state index contributed by atoms with van der Waals surface area (Å²) in [6.45, 7) is 12.2. The Balaban J connectivity index is 0.00000312. The summed E-state index contributed by atoms with van der Waals surface area (Å²) in [5.41, 5.74) is -0.0296. The fourth-order valence-corrected chi connectivity index (χ4v) is 2.13. The van der Waals surface area contributed by atoms with Crippen molar-refractivity contribution in [2.45, 2.75) is 58.9 Å². The number of aromatic nitrogens is 1. The van der Waals surface area contributed by atoms with E-state index in [1.54, 1.807) is 6.20 Å². The van der Waals surface area contributed by atoms with E-state index >= 15 is 0 Å². The van der Waals surface area contributed by atoms with Crippen LogP contribution in [0.3, 0.4) is 0 Å². The van der Waals surface area contributed by atoms with E-state index in [2.05, 4.69) is 48.3 Å². The van der Waals surface area contributed by atoms with Gasteiger partial charge in [-0.1, -0.05) is 20.8 Å². The summed E-state index contributed by atoms with van der Waals surface area (Å²) in [6, 6.07) is 0. The Morgan fingerprint density at radius 3 is 2.72 bits per heavy atom. The van der Waals surface area contributed by atoms with Gasteiger partial charge in [0, 0.05) is 31.7 Å². The summed E-state index contributed by atoms with van der Waals surface area (Å²) < 4.78 is 11.4. The molecule has 1 saturated carbocycles. The van der Waals surface area contributed by atoms with Crippen LogP contribution in [0, 0.1) is 5.92 Å². The standard InChI is InChI=1S/C18H32N4O2.HI/c1-5-19-17(20-9-6-10-23-13-14-7-8-14)22-12-16-21-11-15(24-16)18(2,3)4;/h11,14H,5-10,12-13H2,1-4H3,(H2,19,20,22);1H. The highest BCUT2D eigenvalue weighted by Crippen LogP contribution is 2.28. The van der Waals surface area contributed by atoms with Crippen molar-refractivity contribution < 1.29 is 9.15 Å². The minimum Gasteiger partial charge on any atom is -0.443 e. The molecule has 0 unspecified atom stereocenters. The molecule has 1 aromatic rings. The Kier molecular flexibility index (Phi) is 9.78. The molecule has 1 fully saturated rings. The zero-order chi connectivity index (χ0) is 17.4. The molecule has 0 radical (unpaired) electrons. The van der Waals surface area contributed by atoms with E-state index in [-0.39, 0.29) is 29.4 Å². The van der Waals surface area contributed by atoms with E-state index in [0.717, 1.165) is 50.4 Å². The number of rotatable bonds is 9. The van der Waals surface area contributed by atoms with Crippen LogP contribution < -0.4 is 10.6 Å². The van der Waals surface area contributed by atoms with Crippen LogP contribution in [0.25, 0.3) is 0 Å². The lowest BCUT2D eigenvalue weighted by Gasteiger charge is -2.13. The second-order valence-corrected chi connectivity index (χ2v) is 7.36. The molecule has 0 aliphatic heterocycles. The molecule has 1 heterocycles. The molecule has 25 heavy (non-hydrogen) atoms. The molecule has 7 heteroatoms. The van der Waals surface area contributed by atoms with Crippen LogP contribution >= 0.6 is 24.0 Å². The van der Waals surface area contributed by atoms with Crippen LogP contribution in [0.1, 0.15) is 58.6 Å². The van der Waals surface area contributed by atoms with E-state index in [1.165, 1.54) is 12.8 Å². The first-order chi connectivity index (χ1) is 11.5. The molecule has 0 amide bonds. The maximum Gasteiger partial charge on any atom is 0.216 e. The monoisotopic (exact) mass is 464 g/mol. The van der Waals surface area contributed by atoms with Crippen LogP contribution in [0.4, 0.5) is 0 Å². The predicted molar refractivity (Wildman–Crippen MR) is 112 cm³/mol. The number of aliphatic imine (C=N–C) groups is 1. The minimum absolute atomic E-state index is 0. The number of hydrogen-bond donors (Lipinski definition) is 2. The largest absolute Gasteiger partial charge is 0.443 e. The van der Waals surface area contributed by atoms with Gasteiger partial charge < -0.3 is 19.8 Å². The number of guanidine groups is 1. The minimum atomic E-state index is -0.0296. The highest BCUT2D eigenvalue weighted by Gasteiger charge is 2.21.